The van der Waals surface area contributed by atoms with Gasteiger partial charge in [-0.05, 0) is 49.4 Å². The standard InChI is InChI=1S/C80H156O17P2/c1-9-71(6)57-49-41-32-28-24-20-16-14-12-13-15-17-22-26-30-34-44-52-60-77(82)90-66-76(97-80(85)63-55-47-39-37-43-51-59-73(8)11-3)69-95-99(88,89)93-65-74(81)64-92-98(86,87)94-68-75(67-91-78(83)61-53-45-38-36-40-48-56-70(4)5)96-79(84)62-54-46-35-31-27-23-19-18-21-25-29-33-42-50-58-72(7)10-2/h70-76,81H,9-69H2,1-8H3,(H,86,87)(H,88,89)/t71?,72?,73?,74-,75+,76+/m0/s1. The van der Waals surface area contributed by atoms with Gasteiger partial charge in [0.2, 0.25) is 0 Å². The largest absolute Gasteiger partial charge is 0.472 e. The van der Waals surface area contributed by atoms with Crippen LogP contribution in [0.3, 0.4) is 0 Å². The summed E-state index contributed by atoms with van der Waals surface area (Å²) < 4.78 is 68.6. The highest BCUT2D eigenvalue weighted by Gasteiger charge is 2.30. The predicted octanol–water partition coefficient (Wildman–Crippen LogP) is 23.6. The molecule has 0 heterocycles. The fourth-order valence-electron chi connectivity index (χ4n) is 12.2. The average Bonchev–Trinajstić information content (AvgIpc) is 0.991. The van der Waals surface area contributed by atoms with Crippen molar-refractivity contribution in [3.63, 3.8) is 0 Å². The second-order valence-corrected chi connectivity index (χ2v) is 32.9. The van der Waals surface area contributed by atoms with E-state index in [1.807, 2.05) is 0 Å². The maximum Gasteiger partial charge on any atom is 0.472 e. The van der Waals surface area contributed by atoms with Crippen LogP contribution in [0.15, 0.2) is 0 Å². The Labute approximate surface area is 607 Å². The minimum Gasteiger partial charge on any atom is -0.462 e. The molecule has 0 bridgehead atoms. The van der Waals surface area contributed by atoms with E-state index >= 15 is 0 Å². The molecule has 17 nitrogen and oxygen atoms in total. The third-order valence-electron chi connectivity index (χ3n) is 19.7. The Bertz CT molecular complexity index is 1940. The minimum atomic E-state index is -4.96. The summed E-state index contributed by atoms with van der Waals surface area (Å²) >= 11 is 0. The molecule has 0 aliphatic carbocycles. The van der Waals surface area contributed by atoms with Gasteiger partial charge in [0.15, 0.2) is 12.2 Å². The van der Waals surface area contributed by atoms with Crippen molar-refractivity contribution >= 4 is 39.5 Å². The minimum absolute atomic E-state index is 0.103. The van der Waals surface area contributed by atoms with Crippen molar-refractivity contribution in [1.82, 2.24) is 0 Å². The lowest BCUT2D eigenvalue weighted by molar-refractivity contribution is -0.161. The Morgan fingerprint density at radius 2 is 0.485 bits per heavy atom. The lowest BCUT2D eigenvalue weighted by atomic mass is 9.99. The van der Waals surface area contributed by atoms with Gasteiger partial charge in [0.1, 0.15) is 19.3 Å². The van der Waals surface area contributed by atoms with E-state index in [1.165, 1.54) is 205 Å². The number of carbonyl (C=O) groups excluding carboxylic acids is 4. The highest BCUT2D eigenvalue weighted by Crippen LogP contribution is 2.45. The van der Waals surface area contributed by atoms with Crippen LogP contribution in [0.4, 0.5) is 0 Å². The molecule has 0 saturated carbocycles. The molecule has 8 atom stereocenters. The molecule has 0 rings (SSSR count). The molecule has 588 valence electrons. The summed E-state index contributed by atoms with van der Waals surface area (Å²) in [5.41, 5.74) is 0. The van der Waals surface area contributed by atoms with Gasteiger partial charge < -0.3 is 33.8 Å². The van der Waals surface area contributed by atoms with Crippen LogP contribution in [0.1, 0.15) is 409 Å². The first-order chi connectivity index (χ1) is 47.7. The number of unbranched alkanes of at least 4 members (excludes halogenated alkanes) is 40. The van der Waals surface area contributed by atoms with Crippen LogP contribution < -0.4 is 0 Å². The zero-order valence-corrected chi connectivity index (χ0v) is 66.9. The van der Waals surface area contributed by atoms with E-state index in [0.717, 1.165) is 114 Å². The first kappa shape index (κ1) is 97.1. The number of phosphoric ester groups is 2. The molecule has 0 radical (unpaired) electrons. The normalized spacial score (nSPS) is 14.9. The molecule has 19 heteroatoms. The fraction of sp³-hybridized carbons (Fsp3) is 0.950. The van der Waals surface area contributed by atoms with E-state index in [0.29, 0.717) is 31.6 Å². The Balaban J connectivity index is 5.11. The topological polar surface area (TPSA) is 237 Å². The van der Waals surface area contributed by atoms with E-state index in [2.05, 4.69) is 55.4 Å². The molecule has 0 aliphatic rings. The second-order valence-electron chi connectivity index (χ2n) is 30.0. The first-order valence-corrected chi connectivity index (χ1v) is 44.3. The van der Waals surface area contributed by atoms with E-state index in [1.54, 1.807) is 0 Å². The van der Waals surface area contributed by atoms with Gasteiger partial charge in [-0.15, -0.1) is 0 Å². The zero-order chi connectivity index (χ0) is 73.1. The maximum absolute atomic E-state index is 13.1. The summed E-state index contributed by atoms with van der Waals surface area (Å²) in [4.78, 5) is 72.8. The van der Waals surface area contributed by atoms with E-state index in [9.17, 15) is 43.2 Å². The molecule has 0 aromatic heterocycles. The molecule has 0 amide bonds. The number of phosphoric acid groups is 2. The number of rotatable bonds is 77. The van der Waals surface area contributed by atoms with Crippen LogP contribution in [-0.4, -0.2) is 96.7 Å². The Morgan fingerprint density at radius 3 is 0.717 bits per heavy atom. The fourth-order valence-corrected chi connectivity index (χ4v) is 13.7. The molecule has 0 aliphatic heterocycles. The smallest absolute Gasteiger partial charge is 0.462 e. The number of carbonyl (C=O) groups is 4. The van der Waals surface area contributed by atoms with E-state index in [4.69, 9.17) is 37.0 Å². The Kier molecular flexibility index (Phi) is 67.8. The van der Waals surface area contributed by atoms with Crippen molar-refractivity contribution in [2.24, 2.45) is 23.7 Å². The Morgan fingerprint density at radius 1 is 0.283 bits per heavy atom. The summed E-state index contributed by atoms with van der Waals surface area (Å²) in [6, 6.07) is 0. The summed E-state index contributed by atoms with van der Waals surface area (Å²) in [6.07, 6.45) is 55.8. The van der Waals surface area contributed by atoms with Gasteiger partial charge in [0, 0.05) is 25.7 Å². The van der Waals surface area contributed by atoms with E-state index in [-0.39, 0.29) is 25.7 Å². The number of hydrogen-bond acceptors (Lipinski definition) is 15. The third-order valence-corrected chi connectivity index (χ3v) is 21.6. The maximum atomic E-state index is 13.1. The van der Waals surface area contributed by atoms with Gasteiger partial charge >= 0.3 is 39.5 Å². The highest BCUT2D eigenvalue weighted by atomic mass is 31.2. The summed E-state index contributed by atoms with van der Waals surface area (Å²) in [5, 5.41) is 10.6. The van der Waals surface area contributed by atoms with Gasteiger partial charge in [-0.2, -0.15) is 0 Å². The molecule has 0 saturated heterocycles. The number of esters is 4. The molecule has 0 fully saturated rings. The van der Waals surface area contributed by atoms with Crippen molar-refractivity contribution < 1.29 is 80.2 Å². The molecular formula is C80H156O17P2. The third kappa shape index (κ3) is 70.2. The molecule has 5 unspecified atom stereocenters. The van der Waals surface area contributed by atoms with Crippen LogP contribution >= 0.6 is 15.6 Å². The number of ether oxygens (including phenoxy) is 4. The van der Waals surface area contributed by atoms with Crippen molar-refractivity contribution in [3.05, 3.63) is 0 Å². The van der Waals surface area contributed by atoms with Crippen molar-refractivity contribution in [3.8, 4) is 0 Å². The zero-order valence-electron chi connectivity index (χ0n) is 65.1. The molecular weight excluding hydrogens is 1290 g/mol. The number of hydrogen-bond donors (Lipinski definition) is 3. The average molecular weight is 1450 g/mol. The summed E-state index contributed by atoms with van der Waals surface area (Å²) in [6.45, 7) is 14.2. The molecule has 0 spiro atoms. The van der Waals surface area contributed by atoms with Crippen LogP contribution in [0.2, 0.25) is 0 Å². The highest BCUT2D eigenvalue weighted by molar-refractivity contribution is 7.47. The van der Waals surface area contributed by atoms with Gasteiger partial charge in [0.05, 0.1) is 26.4 Å². The number of aliphatic hydroxyl groups excluding tert-OH is 1. The van der Waals surface area contributed by atoms with Gasteiger partial charge in [0.25, 0.3) is 0 Å². The second kappa shape index (κ2) is 69.1. The summed E-state index contributed by atoms with van der Waals surface area (Å²) in [5.74, 6) is 0.997. The van der Waals surface area contributed by atoms with Crippen LogP contribution in [0.5, 0.6) is 0 Å². The van der Waals surface area contributed by atoms with E-state index < -0.39 is 97.5 Å². The monoisotopic (exact) mass is 1450 g/mol. The number of aliphatic hydroxyl groups is 1. The van der Waals surface area contributed by atoms with Gasteiger partial charge in [-0.25, -0.2) is 9.13 Å². The van der Waals surface area contributed by atoms with Crippen LogP contribution in [-0.2, 0) is 65.4 Å². The van der Waals surface area contributed by atoms with Gasteiger partial charge in [-0.1, -0.05) is 357 Å². The predicted molar refractivity (Wildman–Crippen MR) is 404 cm³/mol. The summed E-state index contributed by atoms with van der Waals surface area (Å²) in [7, 11) is -9.92. The molecule has 0 aromatic carbocycles. The van der Waals surface area contributed by atoms with Crippen molar-refractivity contribution in [2.75, 3.05) is 39.6 Å². The molecule has 3 N–H and O–H groups in total. The van der Waals surface area contributed by atoms with Crippen molar-refractivity contribution in [2.45, 2.75) is 427 Å². The lowest BCUT2D eigenvalue weighted by Crippen LogP contribution is -2.30. The van der Waals surface area contributed by atoms with Gasteiger partial charge in [-0.3, -0.25) is 37.3 Å². The first-order valence-electron chi connectivity index (χ1n) is 41.3. The molecule has 0 aromatic rings. The van der Waals surface area contributed by atoms with Crippen LogP contribution in [0, 0.1) is 23.7 Å². The SMILES string of the molecule is CCC(C)CCCCCCCCCCCCCCCCCCCCC(=O)OC[C@H](COP(=O)(O)OC[C@@H](O)COP(=O)(O)OC[C@@H](COC(=O)CCCCCCCCC(C)C)OC(=O)CCCCCCCCCCCCCCCCC(C)CC)OC(=O)CCCCCCCCC(C)CC. The van der Waals surface area contributed by atoms with Crippen molar-refractivity contribution in [1.29, 1.82) is 0 Å². The quantitative estimate of drug-likeness (QED) is 0.0222. The lowest BCUT2D eigenvalue weighted by Gasteiger charge is -2.21. The molecule has 99 heavy (non-hydrogen) atoms. The van der Waals surface area contributed by atoms with Crippen LogP contribution in [0.25, 0.3) is 0 Å². The Hall–Kier alpha value is -1.94.